The summed E-state index contributed by atoms with van der Waals surface area (Å²) < 4.78 is 0. The first-order valence-corrected chi connectivity index (χ1v) is 5.98. The monoisotopic (exact) mass is 243 g/mol. The largest absolute Gasteiger partial charge is 0.350 e. The minimum absolute atomic E-state index is 0.0526. The van der Waals surface area contributed by atoms with Crippen LogP contribution in [0.1, 0.15) is 23.0 Å². The molecule has 2 rings (SSSR count). The normalized spacial score (nSPS) is 12.4. The number of nitrogens with one attached hydrogen (secondary N) is 1. The van der Waals surface area contributed by atoms with E-state index in [1.165, 1.54) is 0 Å². The van der Waals surface area contributed by atoms with E-state index in [9.17, 15) is 4.79 Å². The van der Waals surface area contributed by atoms with Crippen molar-refractivity contribution >= 4 is 16.8 Å². The number of carbonyl (C=O) groups excluding carboxylic acids is 1. The van der Waals surface area contributed by atoms with Crippen LogP contribution in [0.4, 0.5) is 0 Å². The third kappa shape index (κ3) is 2.65. The average molecular weight is 243 g/mol. The molecule has 1 heterocycles. The zero-order valence-corrected chi connectivity index (χ0v) is 10.6. The third-order valence-corrected chi connectivity index (χ3v) is 2.67. The second-order valence-corrected chi connectivity index (χ2v) is 4.52. The van der Waals surface area contributed by atoms with Crippen LogP contribution in [0.25, 0.3) is 10.9 Å². The molecule has 0 radical (unpaired) electrons. The highest BCUT2D eigenvalue weighted by atomic mass is 16.1. The fourth-order valence-electron chi connectivity index (χ4n) is 1.84. The number of fused-ring (bicyclic) bond motifs is 1. The van der Waals surface area contributed by atoms with E-state index in [0.717, 1.165) is 16.6 Å². The number of aryl methyl sites for hydroxylation is 1. The van der Waals surface area contributed by atoms with Gasteiger partial charge in [-0.25, -0.2) is 0 Å². The van der Waals surface area contributed by atoms with Crippen LogP contribution in [0.15, 0.2) is 30.3 Å². The van der Waals surface area contributed by atoms with Gasteiger partial charge in [0.1, 0.15) is 0 Å². The number of amides is 1. The molecule has 4 nitrogen and oxygen atoms in total. The molecule has 94 valence electrons. The summed E-state index contributed by atoms with van der Waals surface area (Å²) >= 11 is 0. The van der Waals surface area contributed by atoms with E-state index in [1.54, 1.807) is 6.07 Å². The number of pyridine rings is 1. The summed E-state index contributed by atoms with van der Waals surface area (Å²) in [6, 6.07) is 9.38. The first-order valence-electron chi connectivity index (χ1n) is 5.98. The lowest BCUT2D eigenvalue weighted by molar-refractivity contribution is 0.0953. The van der Waals surface area contributed by atoms with Crippen LogP contribution in [0, 0.1) is 6.92 Å². The molecule has 2 aromatic rings. The first-order chi connectivity index (χ1) is 8.58. The number of nitrogens with zero attached hydrogens (tertiary/aromatic N) is 1. The number of nitrogens with two attached hydrogens (primary N) is 1. The van der Waals surface area contributed by atoms with E-state index >= 15 is 0 Å². The maximum atomic E-state index is 12.1. The van der Waals surface area contributed by atoms with Crippen LogP contribution < -0.4 is 11.1 Å². The number of carbonyl (C=O) groups is 1. The van der Waals surface area contributed by atoms with Crippen LogP contribution in [-0.2, 0) is 0 Å². The van der Waals surface area contributed by atoms with Gasteiger partial charge < -0.3 is 11.1 Å². The number of benzene rings is 1. The summed E-state index contributed by atoms with van der Waals surface area (Å²) in [5.74, 6) is -0.103. The van der Waals surface area contributed by atoms with Crippen molar-refractivity contribution in [3.05, 3.63) is 41.6 Å². The molecule has 1 atom stereocenters. The topological polar surface area (TPSA) is 68.0 Å². The van der Waals surface area contributed by atoms with Crippen molar-refractivity contribution in [1.29, 1.82) is 0 Å². The molecule has 0 spiro atoms. The summed E-state index contributed by atoms with van der Waals surface area (Å²) in [4.78, 5) is 16.5. The van der Waals surface area contributed by atoms with Gasteiger partial charge in [0.2, 0.25) is 0 Å². The second kappa shape index (κ2) is 5.14. The zero-order chi connectivity index (χ0) is 13.1. The Morgan fingerprint density at radius 1 is 1.44 bits per heavy atom. The van der Waals surface area contributed by atoms with Crippen LogP contribution in [-0.4, -0.2) is 23.5 Å². The van der Waals surface area contributed by atoms with Crippen molar-refractivity contribution in [3.63, 3.8) is 0 Å². The molecule has 0 saturated heterocycles. The first kappa shape index (κ1) is 12.5. The van der Waals surface area contributed by atoms with Crippen molar-refractivity contribution in [2.24, 2.45) is 5.73 Å². The van der Waals surface area contributed by atoms with Gasteiger partial charge in [-0.15, -0.1) is 0 Å². The lowest BCUT2D eigenvalue weighted by atomic mass is 10.1. The second-order valence-electron chi connectivity index (χ2n) is 4.52. The number of rotatable bonds is 3. The maximum Gasteiger partial charge on any atom is 0.252 e. The van der Waals surface area contributed by atoms with Crippen molar-refractivity contribution in [2.75, 3.05) is 6.54 Å². The SMILES string of the molecule is Cc1cc(C(=O)NCC(C)N)c2ccccc2n1. The molecule has 1 amide bonds. The van der Waals surface area contributed by atoms with Crippen molar-refractivity contribution in [2.45, 2.75) is 19.9 Å². The van der Waals surface area contributed by atoms with Crippen LogP contribution in [0.2, 0.25) is 0 Å². The Hall–Kier alpha value is -1.94. The van der Waals surface area contributed by atoms with E-state index in [-0.39, 0.29) is 11.9 Å². The van der Waals surface area contributed by atoms with E-state index in [2.05, 4.69) is 10.3 Å². The van der Waals surface area contributed by atoms with Gasteiger partial charge in [0.05, 0.1) is 11.1 Å². The molecule has 1 unspecified atom stereocenters. The molecule has 1 aromatic heterocycles. The van der Waals surface area contributed by atoms with Gasteiger partial charge in [-0.1, -0.05) is 18.2 Å². The number of para-hydroxylation sites is 1. The zero-order valence-electron chi connectivity index (χ0n) is 10.6. The molecule has 1 aromatic carbocycles. The minimum Gasteiger partial charge on any atom is -0.350 e. The molecule has 0 aliphatic carbocycles. The van der Waals surface area contributed by atoms with Gasteiger partial charge in [-0.2, -0.15) is 0 Å². The van der Waals surface area contributed by atoms with Crippen molar-refractivity contribution < 1.29 is 4.79 Å². The number of hydrogen-bond donors (Lipinski definition) is 2. The van der Waals surface area contributed by atoms with Crippen LogP contribution in [0.3, 0.4) is 0 Å². The van der Waals surface area contributed by atoms with Gasteiger partial charge in [-0.05, 0) is 26.0 Å². The highest BCUT2D eigenvalue weighted by Gasteiger charge is 2.11. The molecular weight excluding hydrogens is 226 g/mol. The Balaban J connectivity index is 2.40. The minimum atomic E-state index is -0.103. The Bertz CT molecular complexity index is 578. The predicted molar refractivity (Wildman–Crippen MR) is 72.5 cm³/mol. The average Bonchev–Trinajstić information content (AvgIpc) is 2.34. The lowest BCUT2D eigenvalue weighted by Crippen LogP contribution is -2.35. The van der Waals surface area contributed by atoms with E-state index in [4.69, 9.17) is 5.73 Å². The van der Waals surface area contributed by atoms with E-state index in [0.29, 0.717) is 12.1 Å². The molecule has 0 bridgehead atoms. The maximum absolute atomic E-state index is 12.1. The van der Waals surface area contributed by atoms with Gasteiger partial charge >= 0.3 is 0 Å². The van der Waals surface area contributed by atoms with Gasteiger partial charge in [-0.3, -0.25) is 9.78 Å². The van der Waals surface area contributed by atoms with E-state index in [1.807, 2.05) is 38.1 Å². The van der Waals surface area contributed by atoms with Crippen molar-refractivity contribution in [3.8, 4) is 0 Å². The predicted octanol–water partition coefficient (Wildman–Crippen LogP) is 1.62. The summed E-state index contributed by atoms with van der Waals surface area (Å²) in [6.07, 6.45) is 0. The van der Waals surface area contributed by atoms with Gasteiger partial charge in [0, 0.05) is 23.7 Å². The standard InChI is InChI=1S/C14H17N3O/c1-9(15)8-16-14(18)12-7-10(2)17-13-6-4-3-5-11(12)13/h3-7,9H,8,15H2,1-2H3,(H,16,18). The van der Waals surface area contributed by atoms with Gasteiger partial charge in [0.15, 0.2) is 0 Å². The summed E-state index contributed by atoms with van der Waals surface area (Å²) in [5, 5.41) is 3.69. The Labute approximate surface area is 106 Å². The van der Waals surface area contributed by atoms with Crippen LogP contribution in [0.5, 0.6) is 0 Å². The molecule has 0 fully saturated rings. The Morgan fingerprint density at radius 2 is 2.17 bits per heavy atom. The molecule has 3 N–H and O–H groups in total. The molecule has 4 heteroatoms. The third-order valence-electron chi connectivity index (χ3n) is 2.67. The Kier molecular flexibility index (Phi) is 3.58. The summed E-state index contributed by atoms with van der Waals surface area (Å²) in [6.45, 7) is 4.21. The Morgan fingerprint density at radius 3 is 2.89 bits per heavy atom. The fourth-order valence-corrected chi connectivity index (χ4v) is 1.84. The van der Waals surface area contributed by atoms with Crippen LogP contribution >= 0.6 is 0 Å². The van der Waals surface area contributed by atoms with E-state index < -0.39 is 0 Å². The molecule has 18 heavy (non-hydrogen) atoms. The number of aromatic nitrogens is 1. The molecule has 0 aliphatic heterocycles. The summed E-state index contributed by atoms with van der Waals surface area (Å²) in [7, 11) is 0. The molecule has 0 saturated carbocycles. The molecule has 0 aliphatic rings. The summed E-state index contributed by atoms with van der Waals surface area (Å²) in [5.41, 5.74) is 7.96. The fraction of sp³-hybridized carbons (Fsp3) is 0.286. The quantitative estimate of drug-likeness (QED) is 0.860. The smallest absolute Gasteiger partial charge is 0.252 e. The molecular formula is C14H17N3O. The highest BCUT2D eigenvalue weighted by Crippen LogP contribution is 2.17. The number of hydrogen-bond acceptors (Lipinski definition) is 3. The lowest BCUT2D eigenvalue weighted by Gasteiger charge is -2.10. The highest BCUT2D eigenvalue weighted by molar-refractivity contribution is 6.06. The van der Waals surface area contributed by atoms with Crippen molar-refractivity contribution in [1.82, 2.24) is 10.3 Å². The van der Waals surface area contributed by atoms with Gasteiger partial charge in [0.25, 0.3) is 5.91 Å².